The normalized spacial score (nSPS) is 20.2. The molecule has 1 fully saturated rings. The first-order valence-corrected chi connectivity index (χ1v) is 5.99. The fourth-order valence-electron chi connectivity index (χ4n) is 2.07. The molecular weight excluding hydrogens is 254 g/mol. The second kappa shape index (κ2) is 5.44. The third-order valence-electron chi connectivity index (χ3n) is 3.21. The summed E-state index contributed by atoms with van der Waals surface area (Å²) in [5, 5.41) is 2.66. The van der Waals surface area contributed by atoms with Crippen molar-refractivity contribution in [3.8, 4) is 0 Å². The van der Waals surface area contributed by atoms with E-state index in [-0.39, 0.29) is 12.5 Å². The molecule has 1 atom stereocenters. The molecule has 2 rings (SSSR count). The smallest absolute Gasteiger partial charge is 0.237 e. The van der Waals surface area contributed by atoms with Gasteiger partial charge in [0.05, 0.1) is 18.2 Å². The van der Waals surface area contributed by atoms with Gasteiger partial charge in [-0.1, -0.05) is 6.07 Å². The molecule has 1 aliphatic heterocycles. The van der Waals surface area contributed by atoms with Crippen molar-refractivity contribution in [2.75, 3.05) is 19.6 Å². The number of benzene rings is 1. The standard InChI is InChI=1S/C13H14F2N2O2/c1-8-13(19)16-5-6-17(8)7-11(18)12-9(14)3-2-4-10(12)15/h2-4,8H,5-7H2,1H3,(H,16,19). The Balaban J connectivity index is 2.15. The van der Waals surface area contributed by atoms with E-state index in [9.17, 15) is 18.4 Å². The maximum atomic E-state index is 13.5. The lowest BCUT2D eigenvalue weighted by Crippen LogP contribution is -2.55. The van der Waals surface area contributed by atoms with Gasteiger partial charge in [0, 0.05) is 13.1 Å². The van der Waals surface area contributed by atoms with Crippen LogP contribution in [-0.2, 0) is 4.79 Å². The number of nitrogens with one attached hydrogen (secondary N) is 1. The zero-order valence-corrected chi connectivity index (χ0v) is 10.5. The summed E-state index contributed by atoms with van der Waals surface area (Å²) in [5.41, 5.74) is -0.541. The van der Waals surface area contributed by atoms with Crippen molar-refractivity contribution in [3.63, 3.8) is 0 Å². The van der Waals surface area contributed by atoms with Gasteiger partial charge in [-0.05, 0) is 19.1 Å². The van der Waals surface area contributed by atoms with Crippen molar-refractivity contribution in [2.45, 2.75) is 13.0 Å². The molecular formula is C13H14F2N2O2. The number of hydrogen-bond acceptors (Lipinski definition) is 3. The van der Waals surface area contributed by atoms with Gasteiger partial charge < -0.3 is 5.32 Å². The summed E-state index contributed by atoms with van der Waals surface area (Å²) in [6, 6.07) is 2.82. The minimum Gasteiger partial charge on any atom is -0.353 e. The van der Waals surface area contributed by atoms with Gasteiger partial charge in [-0.25, -0.2) is 8.78 Å². The Labute approximate surface area is 109 Å². The van der Waals surface area contributed by atoms with Crippen LogP contribution in [0.4, 0.5) is 8.78 Å². The van der Waals surface area contributed by atoms with Crippen molar-refractivity contribution in [1.29, 1.82) is 0 Å². The van der Waals surface area contributed by atoms with Gasteiger partial charge in [-0.15, -0.1) is 0 Å². The van der Waals surface area contributed by atoms with E-state index in [4.69, 9.17) is 0 Å². The van der Waals surface area contributed by atoms with E-state index in [0.29, 0.717) is 13.1 Å². The summed E-state index contributed by atoms with van der Waals surface area (Å²) in [5.74, 6) is -2.59. The number of nitrogens with zero attached hydrogens (tertiary/aromatic N) is 1. The Morgan fingerprint density at radius 2 is 2.05 bits per heavy atom. The Hall–Kier alpha value is -1.82. The first-order valence-electron chi connectivity index (χ1n) is 5.99. The maximum absolute atomic E-state index is 13.5. The van der Waals surface area contributed by atoms with Crippen molar-refractivity contribution in [3.05, 3.63) is 35.4 Å². The Morgan fingerprint density at radius 1 is 1.42 bits per heavy atom. The zero-order valence-electron chi connectivity index (χ0n) is 10.5. The van der Waals surface area contributed by atoms with E-state index in [1.807, 2.05) is 0 Å². The van der Waals surface area contributed by atoms with E-state index in [2.05, 4.69) is 5.32 Å². The lowest BCUT2D eigenvalue weighted by atomic mass is 10.1. The predicted octanol–water partition coefficient (Wildman–Crippen LogP) is 0.968. The third kappa shape index (κ3) is 2.78. The fourth-order valence-corrected chi connectivity index (χ4v) is 2.07. The number of hydrogen-bond donors (Lipinski definition) is 1. The summed E-state index contributed by atoms with van der Waals surface area (Å²) in [6.45, 7) is 2.39. The summed E-state index contributed by atoms with van der Waals surface area (Å²) >= 11 is 0. The van der Waals surface area contributed by atoms with E-state index < -0.39 is 29.0 Å². The molecule has 1 aromatic rings. The predicted molar refractivity (Wildman–Crippen MR) is 64.7 cm³/mol. The fraction of sp³-hybridized carbons (Fsp3) is 0.385. The van der Waals surface area contributed by atoms with Crippen molar-refractivity contribution >= 4 is 11.7 Å². The van der Waals surface area contributed by atoms with Gasteiger partial charge in [-0.2, -0.15) is 0 Å². The number of carbonyl (C=O) groups excluding carboxylic acids is 2. The molecule has 0 aliphatic carbocycles. The molecule has 0 saturated carbocycles. The molecule has 1 heterocycles. The summed E-state index contributed by atoms with van der Waals surface area (Å²) in [4.78, 5) is 25.0. The summed E-state index contributed by atoms with van der Waals surface area (Å²) in [7, 11) is 0. The highest BCUT2D eigenvalue weighted by atomic mass is 19.1. The van der Waals surface area contributed by atoms with E-state index in [0.717, 1.165) is 12.1 Å². The van der Waals surface area contributed by atoms with Crippen molar-refractivity contribution < 1.29 is 18.4 Å². The zero-order chi connectivity index (χ0) is 14.0. The van der Waals surface area contributed by atoms with Crippen LogP contribution in [0.5, 0.6) is 0 Å². The number of piperazine rings is 1. The lowest BCUT2D eigenvalue weighted by molar-refractivity contribution is -0.127. The molecule has 4 nitrogen and oxygen atoms in total. The molecule has 1 saturated heterocycles. The molecule has 0 aromatic heterocycles. The van der Waals surface area contributed by atoms with Gasteiger partial charge in [-0.3, -0.25) is 14.5 Å². The van der Waals surface area contributed by atoms with Crippen LogP contribution in [0.3, 0.4) is 0 Å². The highest BCUT2D eigenvalue weighted by Crippen LogP contribution is 2.14. The van der Waals surface area contributed by atoms with Crippen LogP contribution in [0, 0.1) is 11.6 Å². The van der Waals surface area contributed by atoms with Crippen LogP contribution in [0.2, 0.25) is 0 Å². The van der Waals surface area contributed by atoms with Crippen LogP contribution >= 0.6 is 0 Å². The van der Waals surface area contributed by atoms with E-state index in [1.54, 1.807) is 11.8 Å². The maximum Gasteiger partial charge on any atom is 0.237 e. The molecule has 1 amide bonds. The van der Waals surface area contributed by atoms with Crippen LogP contribution < -0.4 is 5.32 Å². The molecule has 0 spiro atoms. The number of rotatable bonds is 3. The van der Waals surface area contributed by atoms with Gasteiger partial charge in [0.15, 0.2) is 5.78 Å². The minimum atomic E-state index is -0.876. The molecule has 0 bridgehead atoms. The lowest BCUT2D eigenvalue weighted by Gasteiger charge is -2.32. The second-order valence-electron chi connectivity index (χ2n) is 4.46. The highest BCUT2D eigenvalue weighted by molar-refractivity contribution is 5.98. The largest absolute Gasteiger partial charge is 0.353 e. The van der Waals surface area contributed by atoms with Crippen LogP contribution in [-0.4, -0.2) is 42.3 Å². The van der Waals surface area contributed by atoms with Crippen LogP contribution in [0.15, 0.2) is 18.2 Å². The molecule has 1 N–H and O–H groups in total. The first kappa shape index (κ1) is 13.6. The number of halogens is 2. The first-order chi connectivity index (χ1) is 9.00. The van der Waals surface area contributed by atoms with Crippen molar-refractivity contribution in [1.82, 2.24) is 10.2 Å². The molecule has 102 valence electrons. The summed E-state index contributed by atoms with van der Waals surface area (Å²) < 4.78 is 26.9. The second-order valence-corrected chi connectivity index (χ2v) is 4.46. The van der Waals surface area contributed by atoms with E-state index >= 15 is 0 Å². The average molecular weight is 268 g/mol. The molecule has 1 unspecified atom stereocenters. The van der Waals surface area contributed by atoms with Crippen LogP contribution in [0.1, 0.15) is 17.3 Å². The molecule has 1 aliphatic rings. The topological polar surface area (TPSA) is 49.4 Å². The summed E-state index contributed by atoms with van der Waals surface area (Å²) in [6.07, 6.45) is 0. The number of amides is 1. The molecule has 0 radical (unpaired) electrons. The molecule has 6 heteroatoms. The minimum absolute atomic E-state index is 0.174. The van der Waals surface area contributed by atoms with Gasteiger partial charge in [0.25, 0.3) is 0 Å². The van der Waals surface area contributed by atoms with Crippen LogP contribution in [0.25, 0.3) is 0 Å². The highest BCUT2D eigenvalue weighted by Gasteiger charge is 2.28. The quantitative estimate of drug-likeness (QED) is 0.831. The number of carbonyl (C=O) groups is 2. The Bertz CT molecular complexity index is 499. The van der Waals surface area contributed by atoms with Crippen molar-refractivity contribution in [2.24, 2.45) is 0 Å². The molecule has 1 aromatic carbocycles. The number of Topliss-reactive ketones (excluding diaryl/α,β-unsaturated/α-hetero) is 1. The van der Waals surface area contributed by atoms with Gasteiger partial charge in [0.2, 0.25) is 5.91 Å². The third-order valence-corrected chi connectivity index (χ3v) is 3.21. The average Bonchev–Trinajstić information content (AvgIpc) is 2.35. The Kier molecular flexibility index (Phi) is 3.90. The van der Waals surface area contributed by atoms with Gasteiger partial charge in [0.1, 0.15) is 11.6 Å². The number of ketones is 1. The monoisotopic (exact) mass is 268 g/mol. The van der Waals surface area contributed by atoms with E-state index in [1.165, 1.54) is 6.07 Å². The Morgan fingerprint density at radius 3 is 2.68 bits per heavy atom. The SMILES string of the molecule is CC1C(=O)NCCN1CC(=O)c1c(F)cccc1F. The van der Waals surface area contributed by atoms with Gasteiger partial charge >= 0.3 is 0 Å². The molecule has 19 heavy (non-hydrogen) atoms.